The molecule has 19 heavy (non-hydrogen) atoms. The van der Waals surface area contributed by atoms with Crippen LogP contribution >= 0.6 is 0 Å². The van der Waals surface area contributed by atoms with E-state index < -0.39 is 0 Å². The standard InChI is InChI=1S/C16H21NO2/c1-2-11-19-16-9-3-13(4-10-16)12-17-14-5-7-15(18)8-6-14/h1,3-4,9-10,14-15,17-18H,5-8,11-12H2. The fourth-order valence-corrected chi connectivity index (χ4v) is 2.37. The second kappa shape index (κ2) is 7.18. The molecular weight excluding hydrogens is 238 g/mol. The lowest BCUT2D eigenvalue weighted by Crippen LogP contribution is -2.34. The highest BCUT2D eigenvalue weighted by Gasteiger charge is 2.18. The van der Waals surface area contributed by atoms with E-state index in [1.165, 1.54) is 5.56 Å². The summed E-state index contributed by atoms with van der Waals surface area (Å²) in [6.07, 6.45) is 9.00. The van der Waals surface area contributed by atoms with Crippen molar-refractivity contribution in [2.75, 3.05) is 6.61 Å². The number of ether oxygens (including phenoxy) is 1. The third-order valence-corrected chi connectivity index (χ3v) is 3.54. The number of nitrogens with one attached hydrogen (secondary N) is 1. The van der Waals surface area contributed by atoms with Crippen molar-refractivity contribution in [1.82, 2.24) is 5.32 Å². The number of hydrogen-bond acceptors (Lipinski definition) is 3. The normalized spacial score (nSPS) is 22.7. The van der Waals surface area contributed by atoms with E-state index in [0.29, 0.717) is 12.6 Å². The molecule has 2 rings (SSSR count). The minimum Gasteiger partial charge on any atom is -0.481 e. The Bertz CT molecular complexity index is 413. The summed E-state index contributed by atoms with van der Waals surface area (Å²) in [5.41, 5.74) is 1.24. The zero-order chi connectivity index (χ0) is 13.5. The summed E-state index contributed by atoms with van der Waals surface area (Å²) in [7, 11) is 0. The number of terminal acetylenes is 1. The minimum absolute atomic E-state index is 0.0920. The third-order valence-electron chi connectivity index (χ3n) is 3.54. The molecule has 0 spiro atoms. The van der Waals surface area contributed by atoms with Gasteiger partial charge in [0.05, 0.1) is 6.10 Å². The molecule has 0 heterocycles. The monoisotopic (exact) mass is 259 g/mol. The highest BCUT2D eigenvalue weighted by molar-refractivity contribution is 5.27. The molecular formula is C16H21NO2. The Morgan fingerprint density at radius 1 is 1.21 bits per heavy atom. The van der Waals surface area contributed by atoms with E-state index in [1.807, 2.05) is 12.1 Å². The number of hydrogen-bond donors (Lipinski definition) is 2. The molecule has 0 radical (unpaired) electrons. The average molecular weight is 259 g/mol. The lowest BCUT2D eigenvalue weighted by Gasteiger charge is -2.26. The molecule has 102 valence electrons. The van der Waals surface area contributed by atoms with Gasteiger partial charge in [-0.2, -0.15) is 0 Å². The fourth-order valence-electron chi connectivity index (χ4n) is 2.37. The first-order valence-electron chi connectivity index (χ1n) is 6.84. The lowest BCUT2D eigenvalue weighted by atomic mass is 9.93. The van der Waals surface area contributed by atoms with E-state index in [-0.39, 0.29) is 6.10 Å². The van der Waals surface area contributed by atoms with E-state index in [9.17, 15) is 5.11 Å². The van der Waals surface area contributed by atoms with Gasteiger partial charge in [-0.15, -0.1) is 6.42 Å². The van der Waals surface area contributed by atoms with Gasteiger partial charge in [0, 0.05) is 12.6 Å². The lowest BCUT2D eigenvalue weighted by molar-refractivity contribution is 0.116. The molecule has 3 heteroatoms. The van der Waals surface area contributed by atoms with Gasteiger partial charge in [-0.05, 0) is 43.4 Å². The topological polar surface area (TPSA) is 41.5 Å². The molecule has 3 nitrogen and oxygen atoms in total. The first kappa shape index (κ1) is 13.9. The summed E-state index contributed by atoms with van der Waals surface area (Å²) in [5.74, 6) is 3.26. The molecule has 1 aromatic carbocycles. The van der Waals surface area contributed by atoms with Crippen LogP contribution in [0.2, 0.25) is 0 Å². The van der Waals surface area contributed by atoms with E-state index >= 15 is 0 Å². The predicted molar refractivity (Wildman–Crippen MR) is 75.9 cm³/mol. The summed E-state index contributed by atoms with van der Waals surface area (Å²) in [6, 6.07) is 8.52. The fraction of sp³-hybridized carbons (Fsp3) is 0.500. The molecule has 1 fully saturated rings. The zero-order valence-electron chi connectivity index (χ0n) is 11.1. The second-order valence-electron chi connectivity index (χ2n) is 5.02. The summed E-state index contributed by atoms with van der Waals surface area (Å²) in [5, 5.41) is 13.0. The molecule has 1 aliphatic rings. The maximum atomic E-state index is 9.46. The Balaban J connectivity index is 1.75. The van der Waals surface area contributed by atoms with Crippen molar-refractivity contribution in [3.8, 4) is 18.1 Å². The molecule has 0 aromatic heterocycles. The summed E-state index contributed by atoms with van der Waals surface area (Å²) >= 11 is 0. The van der Waals surface area contributed by atoms with Crippen molar-refractivity contribution in [2.45, 2.75) is 44.4 Å². The SMILES string of the molecule is C#CCOc1ccc(CNC2CCC(O)CC2)cc1. The van der Waals surface area contributed by atoms with E-state index in [1.54, 1.807) is 0 Å². The quantitative estimate of drug-likeness (QED) is 0.796. The van der Waals surface area contributed by atoms with Gasteiger partial charge in [0.25, 0.3) is 0 Å². The van der Waals surface area contributed by atoms with Gasteiger partial charge in [0.15, 0.2) is 0 Å². The summed E-state index contributed by atoms with van der Waals surface area (Å²) in [4.78, 5) is 0. The molecule has 0 unspecified atom stereocenters. The third kappa shape index (κ3) is 4.59. The number of rotatable bonds is 5. The van der Waals surface area contributed by atoms with Crippen LogP contribution in [0.5, 0.6) is 5.75 Å². The molecule has 0 bridgehead atoms. The van der Waals surface area contributed by atoms with Crippen molar-refractivity contribution >= 4 is 0 Å². The van der Waals surface area contributed by atoms with Crippen molar-refractivity contribution in [1.29, 1.82) is 0 Å². The molecule has 0 aliphatic heterocycles. The van der Waals surface area contributed by atoms with Crippen molar-refractivity contribution in [3.63, 3.8) is 0 Å². The molecule has 0 amide bonds. The van der Waals surface area contributed by atoms with Crippen LogP contribution in [-0.4, -0.2) is 23.9 Å². The zero-order valence-corrected chi connectivity index (χ0v) is 11.1. The van der Waals surface area contributed by atoms with Crippen molar-refractivity contribution in [2.24, 2.45) is 0 Å². The molecule has 1 aromatic rings. The van der Waals surface area contributed by atoms with E-state index in [0.717, 1.165) is 38.0 Å². The first-order valence-corrected chi connectivity index (χ1v) is 6.84. The molecule has 0 atom stereocenters. The van der Waals surface area contributed by atoms with Crippen LogP contribution in [0, 0.1) is 12.3 Å². The van der Waals surface area contributed by atoms with E-state index in [4.69, 9.17) is 11.2 Å². The second-order valence-corrected chi connectivity index (χ2v) is 5.02. The summed E-state index contributed by atoms with van der Waals surface area (Å²) in [6.45, 7) is 1.16. The largest absolute Gasteiger partial charge is 0.481 e. The highest BCUT2D eigenvalue weighted by atomic mass is 16.5. The molecule has 0 saturated heterocycles. The van der Waals surface area contributed by atoms with Crippen LogP contribution in [-0.2, 0) is 6.54 Å². The van der Waals surface area contributed by atoms with Crippen molar-refractivity contribution < 1.29 is 9.84 Å². The smallest absolute Gasteiger partial charge is 0.148 e. The van der Waals surface area contributed by atoms with Gasteiger partial charge >= 0.3 is 0 Å². The number of benzene rings is 1. The average Bonchev–Trinajstić information content (AvgIpc) is 2.46. The Hall–Kier alpha value is -1.50. The predicted octanol–water partition coefficient (Wildman–Crippen LogP) is 2.09. The van der Waals surface area contributed by atoms with Gasteiger partial charge in [-0.25, -0.2) is 0 Å². The van der Waals surface area contributed by atoms with Gasteiger partial charge in [-0.1, -0.05) is 18.1 Å². The summed E-state index contributed by atoms with van der Waals surface area (Å²) < 4.78 is 5.33. The van der Waals surface area contributed by atoms with Crippen LogP contribution in [0.15, 0.2) is 24.3 Å². The van der Waals surface area contributed by atoms with Gasteiger partial charge in [0.1, 0.15) is 12.4 Å². The van der Waals surface area contributed by atoms with Gasteiger partial charge in [-0.3, -0.25) is 0 Å². The molecule has 2 N–H and O–H groups in total. The van der Waals surface area contributed by atoms with Crippen LogP contribution in [0.3, 0.4) is 0 Å². The number of aliphatic hydroxyl groups is 1. The molecule has 1 aliphatic carbocycles. The Morgan fingerprint density at radius 3 is 2.53 bits per heavy atom. The van der Waals surface area contributed by atoms with Gasteiger partial charge in [0.2, 0.25) is 0 Å². The van der Waals surface area contributed by atoms with Gasteiger partial charge < -0.3 is 15.2 Å². The van der Waals surface area contributed by atoms with Crippen LogP contribution in [0.4, 0.5) is 0 Å². The first-order chi connectivity index (χ1) is 9.28. The Morgan fingerprint density at radius 2 is 1.89 bits per heavy atom. The minimum atomic E-state index is -0.0920. The molecule has 1 saturated carbocycles. The Kier molecular flexibility index (Phi) is 5.26. The van der Waals surface area contributed by atoms with Crippen LogP contribution < -0.4 is 10.1 Å². The van der Waals surface area contributed by atoms with Crippen LogP contribution in [0.1, 0.15) is 31.2 Å². The van der Waals surface area contributed by atoms with Crippen molar-refractivity contribution in [3.05, 3.63) is 29.8 Å². The van der Waals surface area contributed by atoms with E-state index in [2.05, 4.69) is 23.4 Å². The maximum absolute atomic E-state index is 9.46. The number of aliphatic hydroxyl groups excluding tert-OH is 1. The maximum Gasteiger partial charge on any atom is 0.148 e. The Labute approximate surface area is 115 Å². The van der Waals surface area contributed by atoms with Crippen LogP contribution in [0.25, 0.3) is 0 Å². The highest BCUT2D eigenvalue weighted by Crippen LogP contribution is 2.19.